The Kier molecular flexibility index (Phi) is 6.52. The first-order chi connectivity index (χ1) is 10.6. The van der Waals surface area contributed by atoms with Crippen LogP contribution in [0.2, 0.25) is 5.02 Å². The van der Waals surface area contributed by atoms with E-state index in [4.69, 9.17) is 11.6 Å². The zero-order valence-corrected chi connectivity index (χ0v) is 14.3. The summed E-state index contributed by atoms with van der Waals surface area (Å²) < 4.78 is 0. The number of halogens is 1. The van der Waals surface area contributed by atoms with Gasteiger partial charge in [-0.05, 0) is 37.2 Å². The van der Waals surface area contributed by atoms with E-state index in [-0.39, 0.29) is 11.8 Å². The SMILES string of the molecule is CC(C)C(=O)NCCCN1CCN(c2ccc(Cl)cc2)CC1. The van der Waals surface area contributed by atoms with Crippen molar-refractivity contribution in [2.75, 3.05) is 44.2 Å². The van der Waals surface area contributed by atoms with Gasteiger partial charge in [0.15, 0.2) is 0 Å². The second kappa shape index (κ2) is 8.39. The molecule has 0 spiro atoms. The Morgan fingerprint density at radius 3 is 2.41 bits per heavy atom. The minimum Gasteiger partial charge on any atom is -0.369 e. The van der Waals surface area contributed by atoms with Gasteiger partial charge in [0.25, 0.3) is 0 Å². The van der Waals surface area contributed by atoms with Gasteiger partial charge >= 0.3 is 0 Å². The van der Waals surface area contributed by atoms with Crippen molar-refractivity contribution < 1.29 is 4.79 Å². The number of hydrogen-bond donors (Lipinski definition) is 1. The number of rotatable bonds is 6. The van der Waals surface area contributed by atoms with Gasteiger partial charge in [0.05, 0.1) is 0 Å². The Labute approximate surface area is 138 Å². The van der Waals surface area contributed by atoms with E-state index in [1.54, 1.807) is 0 Å². The smallest absolute Gasteiger partial charge is 0.222 e. The van der Waals surface area contributed by atoms with Crippen LogP contribution in [-0.2, 0) is 4.79 Å². The van der Waals surface area contributed by atoms with Crippen molar-refractivity contribution in [1.29, 1.82) is 0 Å². The van der Waals surface area contributed by atoms with E-state index >= 15 is 0 Å². The van der Waals surface area contributed by atoms with Gasteiger partial charge in [-0.2, -0.15) is 0 Å². The fraction of sp³-hybridized carbons (Fsp3) is 0.588. The summed E-state index contributed by atoms with van der Waals surface area (Å²) in [6.45, 7) is 9.89. The molecular formula is C17H26ClN3O. The third-order valence-corrected chi connectivity index (χ3v) is 4.29. The summed E-state index contributed by atoms with van der Waals surface area (Å²) in [4.78, 5) is 16.3. The number of nitrogens with zero attached hydrogens (tertiary/aromatic N) is 2. The molecule has 1 aromatic rings. The first-order valence-electron chi connectivity index (χ1n) is 8.07. The molecule has 1 N–H and O–H groups in total. The number of carbonyl (C=O) groups is 1. The number of anilines is 1. The maximum Gasteiger partial charge on any atom is 0.222 e. The van der Waals surface area contributed by atoms with E-state index in [2.05, 4.69) is 27.2 Å². The lowest BCUT2D eigenvalue weighted by Crippen LogP contribution is -2.47. The minimum atomic E-state index is 0.0721. The molecule has 0 saturated carbocycles. The van der Waals surface area contributed by atoms with Crippen molar-refractivity contribution in [2.24, 2.45) is 5.92 Å². The highest BCUT2D eigenvalue weighted by Crippen LogP contribution is 2.19. The van der Waals surface area contributed by atoms with Gasteiger partial charge in [0.2, 0.25) is 5.91 Å². The number of hydrogen-bond acceptors (Lipinski definition) is 3. The van der Waals surface area contributed by atoms with Crippen molar-refractivity contribution in [1.82, 2.24) is 10.2 Å². The van der Waals surface area contributed by atoms with Crippen LogP contribution in [0, 0.1) is 5.92 Å². The Morgan fingerprint density at radius 2 is 1.82 bits per heavy atom. The monoisotopic (exact) mass is 323 g/mol. The van der Waals surface area contributed by atoms with Crippen LogP contribution in [0.25, 0.3) is 0 Å². The topological polar surface area (TPSA) is 35.6 Å². The molecule has 1 heterocycles. The highest BCUT2D eigenvalue weighted by Gasteiger charge is 2.16. The molecule has 0 aromatic heterocycles. The normalized spacial score (nSPS) is 16.1. The molecule has 0 atom stereocenters. The Morgan fingerprint density at radius 1 is 1.18 bits per heavy atom. The average molecular weight is 324 g/mol. The van der Waals surface area contributed by atoms with E-state index in [0.717, 1.165) is 50.7 Å². The van der Waals surface area contributed by atoms with Gasteiger partial charge in [-0.3, -0.25) is 9.69 Å². The molecule has 4 nitrogen and oxygen atoms in total. The van der Waals surface area contributed by atoms with Crippen LogP contribution in [0.4, 0.5) is 5.69 Å². The summed E-state index contributed by atoms with van der Waals surface area (Å²) in [5.74, 6) is 0.218. The van der Waals surface area contributed by atoms with Crippen LogP contribution >= 0.6 is 11.6 Å². The lowest BCUT2D eigenvalue weighted by Gasteiger charge is -2.36. The molecule has 1 fully saturated rings. The lowest BCUT2D eigenvalue weighted by molar-refractivity contribution is -0.123. The largest absolute Gasteiger partial charge is 0.369 e. The summed E-state index contributed by atoms with van der Waals surface area (Å²) >= 11 is 5.93. The molecule has 1 aromatic carbocycles. The average Bonchev–Trinajstić information content (AvgIpc) is 2.52. The van der Waals surface area contributed by atoms with Crippen molar-refractivity contribution in [2.45, 2.75) is 20.3 Å². The first-order valence-corrected chi connectivity index (χ1v) is 8.44. The molecule has 122 valence electrons. The molecule has 0 aliphatic carbocycles. The summed E-state index contributed by atoms with van der Waals surface area (Å²) in [5, 5.41) is 3.76. The third kappa shape index (κ3) is 5.18. The molecule has 1 amide bonds. The molecule has 5 heteroatoms. The standard InChI is InChI=1S/C17H26ClN3O/c1-14(2)17(22)19-8-3-9-20-10-12-21(13-11-20)16-6-4-15(18)5-7-16/h4-7,14H,3,8-13H2,1-2H3,(H,19,22). The fourth-order valence-corrected chi connectivity index (χ4v) is 2.73. The number of amides is 1. The molecule has 22 heavy (non-hydrogen) atoms. The number of benzene rings is 1. The van der Waals surface area contributed by atoms with Gasteiger partial charge in [-0.15, -0.1) is 0 Å². The van der Waals surface area contributed by atoms with Crippen molar-refractivity contribution >= 4 is 23.2 Å². The molecule has 2 rings (SSSR count). The molecule has 1 aliphatic rings. The summed E-state index contributed by atoms with van der Waals surface area (Å²) in [7, 11) is 0. The Hall–Kier alpha value is -1.26. The van der Waals surface area contributed by atoms with Crippen LogP contribution in [-0.4, -0.2) is 50.1 Å². The van der Waals surface area contributed by atoms with E-state index in [9.17, 15) is 4.79 Å². The zero-order valence-electron chi connectivity index (χ0n) is 13.5. The summed E-state index contributed by atoms with van der Waals surface area (Å²) in [6, 6.07) is 8.06. The van der Waals surface area contributed by atoms with E-state index in [1.807, 2.05) is 26.0 Å². The molecular weight excluding hydrogens is 298 g/mol. The summed E-state index contributed by atoms with van der Waals surface area (Å²) in [5.41, 5.74) is 1.24. The predicted octanol–water partition coefficient (Wildman–Crippen LogP) is 2.62. The van der Waals surface area contributed by atoms with Gasteiger partial charge in [-0.1, -0.05) is 25.4 Å². The maximum atomic E-state index is 11.5. The quantitative estimate of drug-likeness (QED) is 0.817. The Bertz CT molecular complexity index is 467. The first kappa shape index (κ1) is 17.1. The van der Waals surface area contributed by atoms with E-state index in [1.165, 1.54) is 5.69 Å². The second-order valence-corrected chi connectivity index (χ2v) is 6.54. The van der Waals surface area contributed by atoms with Gasteiger partial charge < -0.3 is 10.2 Å². The van der Waals surface area contributed by atoms with Crippen LogP contribution in [0.5, 0.6) is 0 Å². The molecule has 0 radical (unpaired) electrons. The van der Waals surface area contributed by atoms with E-state index < -0.39 is 0 Å². The van der Waals surface area contributed by atoms with Crippen molar-refractivity contribution in [3.8, 4) is 0 Å². The summed E-state index contributed by atoms with van der Waals surface area (Å²) in [6.07, 6.45) is 1.01. The van der Waals surface area contributed by atoms with Crippen LogP contribution in [0.3, 0.4) is 0 Å². The van der Waals surface area contributed by atoms with Gasteiger partial charge in [-0.25, -0.2) is 0 Å². The predicted molar refractivity (Wildman–Crippen MR) is 92.6 cm³/mol. The third-order valence-electron chi connectivity index (χ3n) is 4.04. The lowest BCUT2D eigenvalue weighted by atomic mass is 10.2. The number of piperazine rings is 1. The van der Waals surface area contributed by atoms with E-state index in [0.29, 0.717) is 0 Å². The van der Waals surface area contributed by atoms with Crippen molar-refractivity contribution in [3.05, 3.63) is 29.3 Å². The van der Waals surface area contributed by atoms with Gasteiger partial charge in [0.1, 0.15) is 0 Å². The highest BCUT2D eigenvalue weighted by atomic mass is 35.5. The number of nitrogens with one attached hydrogen (secondary N) is 1. The Balaban J connectivity index is 1.65. The minimum absolute atomic E-state index is 0.0721. The van der Waals surface area contributed by atoms with Crippen LogP contribution < -0.4 is 10.2 Å². The molecule has 0 bridgehead atoms. The van der Waals surface area contributed by atoms with Crippen LogP contribution in [0.1, 0.15) is 20.3 Å². The molecule has 1 aliphatic heterocycles. The fourth-order valence-electron chi connectivity index (χ4n) is 2.60. The zero-order chi connectivity index (χ0) is 15.9. The second-order valence-electron chi connectivity index (χ2n) is 6.10. The van der Waals surface area contributed by atoms with Crippen LogP contribution in [0.15, 0.2) is 24.3 Å². The number of carbonyl (C=O) groups excluding carboxylic acids is 1. The van der Waals surface area contributed by atoms with Gasteiger partial charge in [0, 0.05) is 49.4 Å². The molecule has 1 saturated heterocycles. The maximum absolute atomic E-state index is 11.5. The highest BCUT2D eigenvalue weighted by molar-refractivity contribution is 6.30. The van der Waals surface area contributed by atoms with Crippen molar-refractivity contribution in [3.63, 3.8) is 0 Å². The molecule has 0 unspecified atom stereocenters.